The summed E-state index contributed by atoms with van der Waals surface area (Å²) >= 11 is 9.18. The van der Waals surface area contributed by atoms with Gasteiger partial charge >= 0.3 is 0 Å². The number of carbonyl (C=O) groups is 2. The molecule has 2 amide bonds. The van der Waals surface area contributed by atoms with Crippen molar-refractivity contribution in [3.05, 3.63) is 45.9 Å². The smallest absolute Gasteiger partial charge is 0.273 e. The summed E-state index contributed by atoms with van der Waals surface area (Å²) in [5.74, 6) is 0.374. The molecular formula is C20H24ClN3O2S2. The third kappa shape index (κ3) is 5.72. The van der Waals surface area contributed by atoms with E-state index >= 15 is 0 Å². The van der Waals surface area contributed by atoms with Crippen LogP contribution in [0.4, 0.5) is 0 Å². The molecule has 1 fully saturated rings. The fourth-order valence-electron chi connectivity index (χ4n) is 3.36. The van der Waals surface area contributed by atoms with E-state index in [2.05, 4.69) is 10.3 Å². The van der Waals surface area contributed by atoms with Crippen LogP contribution in [0.2, 0.25) is 5.02 Å². The number of piperidine rings is 1. The maximum Gasteiger partial charge on any atom is 0.273 e. The fourth-order valence-corrected chi connectivity index (χ4v) is 4.79. The van der Waals surface area contributed by atoms with Crippen LogP contribution in [0.3, 0.4) is 0 Å². The summed E-state index contributed by atoms with van der Waals surface area (Å²) in [5.41, 5.74) is 1.45. The van der Waals surface area contributed by atoms with Crippen molar-refractivity contribution in [2.45, 2.75) is 36.6 Å². The van der Waals surface area contributed by atoms with E-state index in [1.165, 1.54) is 11.3 Å². The fraction of sp³-hybridized carbons (Fsp3) is 0.450. The number of rotatable bonds is 7. The maximum atomic E-state index is 12.7. The Morgan fingerprint density at radius 1 is 1.39 bits per heavy atom. The first-order valence-corrected chi connectivity index (χ1v) is 11.8. The van der Waals surface area contributed by atoms with Crippen LogP contribution in [0.15, 0.2) is 34.0 Å². The van der Waals surface area contributed by atoms with Gasteiger partial charge in [-0.3, -0.25) is 9.59 Å². The molecule has 3 rings (SSSR count). The normalized spacial score (nSPS) is 16.8. The number of aromatic nitrogens is 1. The number of likely N-dealkylation sites (tertiary alicyclic amines) is 1. The summed E-state index contributed by atoms with van der Waals surface area (Å²) in [6, 6.07) is 7.51. The van der Waals surface area contributed by atoms with Gasteiger partial charge in [0.1, 0.15) is 10.0 Å². The van der Waals surface area contributed by atoms with Crippen molar-refractivity contribution in [1.82, 2.24) is 15.2 Å². The molecule has 1 aromatic carbocycles. The van der Waals surface area contributed by atoms with E-state index < -0.39 is 0 Å². The number of thiazole rings is 1. The van der Waals surface area contributed by atoms with Crippen LogP contribution in [0.1, 0.15) is 41.7 Å². The molecular weight excluding hydrogens is 414 g/mol. The van der Waals surface area contributed by atoms with Gasteiger partial charge in [-0.1, -0.05) is 41.6 Å². The molecule has 2 heterocycles. The summed E-state index contributed by atoms with van der Waals surface area (Å²) in [5, 5.41) is 5.43. The first-order chi connectivity index (χ1) is 13.6. The van der Waals surface area contributed by atoms with Crippen molar-refractivity contribution in [3.8, 4) is 0 Å². The van der Waals surface area contributed by atoms with Gasteiger partial charge in [0.25, 0.3) is 5.91 Å². The number of halogens is 1. The number of benzene rings is 1. The first kappa shape index (κ1) is 21.1. The van der Waals surface area contributed by atoms with Crippen LogP contribution in [0.25, 0.3) is 0 Å². The minimum atomic E-state index is 0.00409. The molecule has 1 aromatic heterocycles. The van der Waals surface area contributed by atoms with Crippen molar-refractivity contribution < 1.29 is 9.59 Å². The van der Waals surface area contributed by atoms with Crippen molar-refractivity contribution in [1.29, 1.82) is 0 Å². The molecule has 1 saturated heterocycles. The van der Waals surface area contributed by atoms with Crippen molar-refractivity contribution in [2.24, 2.45) is 5.92 Å². The largest absolute Gasteiger partial charge is 0.352 e. The molecule has 8 heteroatoms. The van der Waals surface area contributed by atoms with E-state index in [-0.39, 0.29) is 11.8 Å². The summed E-state index contributed by atoms with van der Waals surface area (Å²) < 4.78 is 0.909. The number of carbonyl (C=O) groups excluding carboxylic acids is 2. The van der Waals surface area contributed by atoms with Crippen LogP contribution in [0.5, 0.6) is 0 Å². The first-order valence-electron chi connectivity index (χ1n) is 9.35. The molecule has 150 valence electrons. The molecule has 1 aliphatic rings. The van der Waals surface area contributed by atoms with Gasteiger partial charge in [0.15, 0.2) is 0 Å². The Morgan fingerprint density at radius 2 is 2.21 bits per heavy atom. The minimum Gasteiger partial charge on any atom is -0.352 e. The Morgan fingerprint density at radius 3 is 2.96 bits per heavy atom. The topological polar surface area (TPSA) is 62.3 Å². The lowest BCUT2D eigenvalue weighted by molar-refractivity contribution is -0.121. The van der Waals surface area contributed by atoms with Gasteiger partial charge in [-0.05, 0) is 43.1 Å². The van der Waals surface area contributed by atoms with Crippen molar-refractivity contribution >= 4 is 46.5 Å². The van der Waals surface area contributed by atoms with E-state index in [4.69, 9.17) is 11.6 Å². The van der Waals surface area contributed by atoms with E-state index in [9.17, 15) is 9.59 Å². The highest BCUT2D eigenvalue weighted by molar-refractivity contribution is 8.00. The molecule has 2 aromatic rings. The number of nitrogens with one attached hydrogen (secondary N) is 1. The molecule has 1 unspecified atom stereocenters. The molecule has 0 spiro atoms. The van der Waals surface area contributed by atoms with Crippen LogP contribution < -0.4 is 5.32 Å². The second-order valence-corrected chi connectivity index (χ2v) is 9.19. The molecule has 1 N–H and O–H groups in total. The predicted octanol–water partition coefficient (Wildman–Crippen LogP) is 4.47. The van der Waals surface area contributed by atoms with E-state index in [0.717, 1.165) is 35.7 Å². The second-order valence-electron chi connectivity index (χ2n) is 6.87. The van der Waals surface area contributed by atoms with Crippen LogP contribution >= 0.6 is 34.7 Å². The molecule has 0 radical (unpaired) electrons. The average molecular weight is 438 g/mol. The number of nitrogens with zero attached hydrogens (tertiary/aromatic N) is 2. The molecule has 0 aliphatic carbocycles. The highest BCUT2D eigenvalue weighted by atomic mass is 35.5. The van der Waals surface area contributed by atoms with Gasteiger partial charge in [-0.25, -0.2) is 4.98 Å². The lowest BCUT2D eigenvalue weighted by Gasteiger charge is -2.32. The van der Waals surface area contributed by atoms with Gasteiger partial charge < -0.3 is 10.2 Å². The predicted molar refractivity (Wildman–Crippen MR) is 115 cm³/mol. The molecule has 0 bridgehead atoms. The third-order valence-electron chi connectivity index (χ3n) is 4.90. The van der Waals surface area contributed by atoms with Gasteiger partial charge in [0.05, 0.1) is 0 Å². The van der Waals surface area contributed by atoms with E-state index in [1.54, 1.807) is 11.8 Å². The summed E-state index contributed by atoms with van der Waals surface area (Å²) in [6.45, 7) is 1.90. The van der Waals surface area contributed by atoms with Crippen molar-refractivity contribution in [2.75, 3.05) is 19.3 Å². The SMILES string of the molecule is CSc1nc(C(=O)N2CCCC(CCC(=O)NCc3ccccc3Cl)C2)cs1. The monoisotopic (exact) mass is 437 g/mol. The summed E-state index contributed by atoms with van der Waals surface area (Å²) in [4.78, 5) is 31.1. The van der Waals surface area contributed by atoms with Crippen LogP contribution in [-0.2, 0) is 11.3 Å². The lowest BCUT2D eigenvalue weighted by atomic mass is 9.93. The van der Waals surface area contributed by atoms with Crippen LogP contribution in [-0.4, -0.2) is 41.0 Å². The Bertz CT molecular complexity index is 827. The number of hydrogen-bond donors (Lipinski definition) is 1. The number of amides is 2. The molecule has 1 atom stereocenters. The van der Waals surface area contributed by atoms with Crippen LogP contribution in [0, 0.1) is 5.92 Å². The van der Waals surface area contributed by atoms with Gasteiger partial charge in [0.2, 0.25) is 5.91 Å². The Balaban J connectivity index is 1.45. The highest BCUT2D eigenvalue weighted by Crippen LogP contribution is 2.25. The minimum absolute atomic E-state index is 0.00409. The maximum absolute atomic E-state index is 12.7. The Labute approximate surface area is 178 Å². The zero-order valence-corrected chi connectivity index (χ0v) is 18.2. The quantitative estimate of drug-likeness (QED) is 0.649. The average Bonchev–Trinajstić information content (AvgIpc) is 3.20. The molecule has 28 heavy (non-hydrogen) atoms. The Kier molecular flexibility index (Phi) is 7.76. The highest BCUT2D eigenvalue weighted by Gasteiger charge is 2.26. The van der Waals surface area contributed by atoms with E-state index in [0.29, 0.717) is 36.1 Å². The molecule has 5 nitrogen and oxygen atoms in total. The van der Waals surface area contributed by atoms with Gasteiger partial charge in [-0.15, -0.1) is 11.3 Å². The van der Waals surface area contributed by atoms with E-state index in [1.807, 2.05) is 40.8 Å². The lowest BCUT2D eigenvalue weighted by Crippen LogP contribution is -2.40. The number of thioether (sulfide) groups is 1. The Hall–Kier alpha value is -1.57. The van der Waals surface area contributed by atoms with Gasteiger partial charge in [-0.2, -0.15) is 0 Å². The molecule has 0 saturated carbocycles. The standard InChI is InChI=1S/C20H24ClN3O2S2/c1-27-20-23-17(13-28-20)19(26)24-10-4-5-14(12-24)8-9-18(25)22-11-15-6-2-3-7-16(15)21/h2-3,6-7,13-14H,4-5,8-12H2,1H3,(H,22,25). The summed E-state index contributed by atoms with van der Waals surface area (Å²) in [7, 11) is 0. The van der Waals surface area contributed by atoms with Gasteiger partial charge in [0, 0.05) is 36.5 Å². The zero-order valence-electron chi connectivity index (χ0n) is 15.8. The second kappa shape index (κ2) is 10.3. The number of hydrogen-bond acceptors (Lipinski definition) is 5. The summed E-state index contributed by atoms with van der Waals surface area (Å²) in [6.07, 6.45) is 5.22. The zero-order chi connectivity index (χ0) is 19.9. The third-order valence-corrected chi connectivity index (χ3v) is 7.13. The molecule has 1 aliphatic heterocycles. The van der Waals surface area contributed by atoms with Crippen molar-refractivity contribution in [3.63, 3.8) is 0 Å².